The minimum atomic E-state index is -1.05. The van der Waals surface area contributed by atoms with Gasteiger partial charge in [-0.05, 0) is 56.8 Å². The highest BCUT2D eigenvalue weighted by atomic mass is 19.1. The Kier molecular flexibility index (Phi) is 4.65. The third kappa shape index (κ3) is 3.09. The summed E-state index contributed by atoms with van der Waals surface area (Å²) in [6.07, 6.45) is 5.42. The Labute approximate surface area is 209 Å². The predicted molar refractivity (Wildman–Crippen MR) is 133 cm³/mol. The smallest absolute Gasteiger partial charge is 0.244 e. The van der Waals surface area contributed by atoms with Crippen molar-refractivity contribution in [2.45, 2.75) is 37.6 Å². The monoisotopic (exact) mass is 491 g/mol. The van der Waals surface area contributed by atoms with Crippen molar-refractivity contribution in [1.82, 2.24) is 20.2 Å². The van der Waals surface area contributed by atoms with Gasteiger partial charge in [-0.1, -0.05) is 0 Å². The summed E-state index contributed by atoms with van der Waals surface area (Å²) in [5, 5.41) is 5.99. The third-order valence-corrected chi connectivity index (χ3v) is 8.96. The molecule has 10 heteroatoms. The first kappa shape index (κ1) is 22.0. The molecule has 9 nitrogen and oxygen atoms in total. The van der Waals surface area contributed by atoms with E-state index in [9.17, 15) is 9.59 Å². The van der Waals surface area contributed by atoms with Crippen LogP contribution in [-0.4, -0.2) is 72.0 Å². The van der Waals surface area contributed by atoms with Gasteiger partial charge in [0.15, 0.2) is 0 Å². The lowest BCUT2D eigenvalue weighted by atomic mass is 9.48. The molecule has 36 heavy (non-hydrogen) atoms. The van der Waals surface area contributed by atoms with Crippen LogP contribution in [0.2, 0.25) is 0 Å². The summed E-state index contributed by atoms with van der Waals surface area (Å²) in [5.74, 6) is 0.968. The van der Waals surface area contributed by atoms with Gasteiger partial charge in [-0.3, -0.25) is 14.5 Å². The van der Waals surface area contributed by atoms with Crippen LogP contribution in [0.4, 0.5) is 27.5 Å². The van der Waals surface area contributed by atoms with Gasteiger partial charge in [0.05, 0.1) is 11.2 Å². The topological polar surface area (TPSA) is 93.7 Å². The number of piperazine rings is 1. The number of benzene rings is 1. The third-order valence-electron chi connectivity index (χ3n) is 8.96. The summed E-state index contributed by atoms with van der Waals surface area (Å²) in [6, 6.07) is 5.10. The highest BCUT2D eigenvalue weighted by molar-refractivity contribution is 6.15. The van der Waals surface area contributed by atoms with Crippen LogP contribution in [0.3, 0.4) is 0 Å². The van der Waals surface area contributed by atoms with Crippen LogP contribution in [0.1, 0.15) is 31.2 Å². The highest BCUT2D eigenvalue weighted by Gasteiger charge is 2.67. The average Bonchev–Trinajstić information content (AvgIpc) is 3.16. The molecular weight excluding hydrogens is 461 g/mol. The number of hydrogen-bond acceptors (Lipinski definition) is 7. The SMILES string of the molecule is CN1CCN(c2ccc(Nc3ncc4c(n3)N(C35CC(C3)C5)C(=O)[C@]3(CCNC3=O)C4)cc2F)CC1. The largest absolute Gasteiger partial charge is 0.367 e. The molecule has 1 aromatic heterocycles. The molecule has 6 aliphatic rings. The number of fused-ring (bicyclic) bond motifs is 1. The van der Waals surface area contributed by atoms with E-state index in [0.717, 1.165) is 51.0 Å². The van der Waals surface area contributed by atoms with Crippen LogP contribution in [0.5, 0.6) is 0 Å². The molecule has 188 valence electrons. The van der Waals surface area contributed by atoms with E-state index in [1.165, 1.54) is 6.07 Å². The van der Waals surface area contributed by atoms with E-state index < -0.39 is 5.41 Å². The first-order valence-electron chi connectivity index (χ1n) is 12.9. The van der Waals surface area contributed by atoms with Crippen LogP contribution in [-0.2, 0) is 16.0 Å². The number of nitrogens with one attached hydrogen (secondary N) is 2. The summed E-state index contributed by atoms with van der Waals surface area (Å²) in [5.41, 5.74) is 0.688. The predicted octanol–water partition coefficient (Wildman–Crippen LogP) is 2.06. The van der Waals surface area contributed by atoms with Crippen LogP contribution in [0.15, 0.2) is 24.4 Å². The van der Waals surface area contributed by atoms with Gasteiger partial charge in [-0.2, -0.15) is 4.98 Å². The number of halogens is 1. The van der Waals surface area contributed by atoms with Gasteiger partial charge < -0.3 is 20.4 Å². The van der Waals surface area contributed by atoms with Crippen molar-refractivity contribution in [3.8, 4) is 0 Å². The van der Waals surface area contributed by atoms with Crippen molar-refractivity contribution in [2.75, 3.05) is 54.9 Å². The van der Waals surface area contributed by atoms with Crippen LogP contribution >= 0.6 is 0 Å². The van der Waals surface area contributed by atoms with Crippen molar-refractivity contribution >= 4 is 35.0 Å². The zero-order valence-corrected chi connectivity index (χ0v) is 20.4. The second-order valence-electron chi connectivity index (χ2n) is 11.2. The Hall–Kier alpha value is -3.27. The van der Waals surface area contributed by atoms with E-state index in [1.54, 1.807) is 12.3 Å². The number of rotatable bonds is 4. The lowest BCUT2D eigenvalue weighted by Gasteiger charge is -2.67. The van der Waals surface area contributed by atoms with Gasteiger partial charge >= 0.3 is 0 Å². The fourth-order valence-corrected chi connectivity index (χ4v) is 6.70. The van der Waals surface area contributed by atoms with Crippen molar-refractivity contribution < 1.29 is 14.0 Å². The van der Waals surface area contributed by atoms with Crippen molar-refractivity contribution in [2.24, 2.45) is 11.3 Å². The molecule has 2 saturated heterocycles. The van der Waals surface area contributed by atoms with E-state index in [-0.39, 0.29) is 23.2 Å². The fraction of sp³-hybridized carbons (Fsp3) is 0.538. The second-order valence-corrected chi connectivity index (χ2v) is 11.2. The van der Waals surface area contributed by atoms with Gasteiger partial charge in [0.1, 0.15) is 17.1 Å². The Morgan fingerprint density at radius 2 is 1.92 bits per heavy atom. The molecule has 3 aliphatic heterocycles. The first-order valence-corrected chi connectivity index (χ1v) is 12.9. The fourth-order valence-electron chi connectivity index (χ4n) is 6.70. The van der Waals surface area contributed by atoms with E-state index in [0.29, 0.717) is 48.4 Å². The molecule has 3 saturated carbocycles. The van der Waals surface area contributed by atoms with Crippen LogP contribution in [0, 0.1) is 17.2 Å². The molecule has 1 spiro atoms. The number of aromatic nitrogens is 2. The molecule has 0 radical (unpaired) electrons. The minimum Gasteiger partial charge on any atom is -0.367 e. The molecule has 2 amide bonds. The van der Waals surface area contributed by atoms with E-state index in [4.69, 9.17) is 4.98 Å². The Morgan fingerprint density at radius 3 is 2.56 bits per heavy atom. The lowest BCUT2D eigenvalue weighted by molar-refractivity contribution is -0.144. The van der Waals surface area contributed by atoms with Gasteiger partial charge in [0.25, 0.3) is 0 Å². The van der Waals surface area contributed by atoms with Crippen LogP contribution < -0.4 is 20.4 Å². The molecule has 2 N–H and O–H groups in total. The standard InChI is InChI=1S/C26H30FN7O2/c1-32-6-8-33(9-7-32)20-3-2-18(10-19(20)27)30-24-29-15-17-14-26(4-5-28-22(26)35)23(36)34(21(17)31-24)25-11-16(12-25)13-25/h2-3,10,15-16H,4-9,11-14H2,1H3,(H,28,35)(H,29,30,31)/t16?,25?,26-/m1/s1. The van der Waals surface area contributed by atoms with E-state index >= 15 is 4.39 Å². The molecule has 0 unspecified atom stereocenters. The normalized spacial score (nSPS) is 31.1. The number of carbonyl (C=O) groups is 2. The van der Waals surface area contributed by atoms with Crippen molar-refractivity contribution in [1.29, 1.82) is 0 Å². The summed E-state index contributed by atoms with van der Waals surface area (Å²) < 4.78 is 15.0. The number of nitrogens with zero attached hydrogens (tertiary/aromatic N) is 5. The maximum atomic E-state index is 15.0. The molecule has 8 rings (SSSR count). The van der Waals surface area contributed by atoms with Gasteiger partial charge in [-0.15, -0.1) is 0 Å². The molecule has 1 aromatic carbocycles. The number of anilines is 4. The average molecular weight is 492 g/mol. The quantitative estimate of drug-likeness (QED) is 0.633. The highest BCUT2D eigenvalue weighted by Crippen LogP contribution is 2.63. The number of carbonyl (C=O) groups excluding carboxylic acids is 2. The van der Waals surface area contributed by atoms with Gasteiger partial charge in [0.2, 0.25) is 17.8 Å². The lowest BCUT2D eigenvalue weighted by Crippen LogP contribution is -2.73. The molecule has 2 bridgehead atoms. The molecule has 4 heterocycles. The zero-order chi connectivity index (χ0) is 24.7. The first-order chi connectivity index (χ1) is 17.4. The number of likely N-dealkylation sites (N-methyl/N-ethyl adjacent to an activating group) is 1. The Balaban J connectivity index is 1.18. The van der Waals surface area contributed by atoms with Crippen molar-refractivity contribution in [3.05, 3.63) is 35.8 Å². The molecule has 3 aliphatic carbocycles. The summed E-state index contributed by atoms with van der Waals surface area (Å²) >= 11 is 0. The summed E-state index contributed by atoms with van der Waals surface area (Å²) in [7, 11) is 2.07. The Bertz CT molecular complexity index is 1260. The number of hydrogen-bond donors (Lipinski definition) is 2. The van der Waals surface area contributed by atoms with E-state index in [2.05, 4.69) is 32.5 Å². The summed E-state index contributed by atoms with van der Waals surface area (Å²) in [6.45, 7) is 3.91. The summed E-state index contributed by atoms with van der Waals surface area (Å²) in [4.78, 5) is 42.0. The number of amides is 2. The van der Waals surface area contributed by atoms with Crippen molar-refractivity contribution in [3.63, 3.8) is 0 Å². The minimum absolute atomic E-state index is 0.129. The van der Waals surface area contributed by atoms with Gasteiger partial charge in [0, 0.05) is 56.6 Å². The van der Waals surface area contributed by atoms with E-state index in [1.807, 2.05) is 11.0 Å². The molecule has 5 fully saturated rings. The van der Waals surface area contributed by atoms with Crippen LogP contribution in [0.25, 0.3) is 0 Å². The second kappa shape index (κ2) is 7.61. The molecule has 1 atom stereocenters. The Morgan fingerprint density at radius 1 is 1.14 bits per heavy atom. The van der Waals surface area contributed by atoms with Gasteiger partial charge in [-0.25, -0.2) is 9.37 Å². The molecular formula is C26H30FN7O2. The maximum Gasteiger partial charge on any atom is 0.244 e. The zero-order valence-electron chi connectivity index (χ0n) is 20.4. The maximum absolute atomic E-state index is 15.0. The molecule has 2 aromatic rings.